The first-order chi connectivity index (χ1) is 11.7. The third-order valence-corrected chi connectivity index (χ3v) is 8.45. The quantitative estimate of drug-likeness (QED) is 0.838. The van der Waals surface area contributed by atoms with Crippen LogP contribution in [0.3, 0.4) is 0 Å². The summed E-state index contributed by atoms with van der Waals surface area (Å²) in [5.74, 6) is 0.663. The lowest BCUT2D eigenvalue weighted by Gasteiger charge is -2.39. The minimum absolute atomic E-state index is 0.00239. The van der Waals surface area contributed by atoms with E-state index in [4.69, 9.17) is 0 Å². The highest BCUT2D eigenvalue weighted by molar-refractivity contribution is 8.00. The molecule has 5 heteroatoms. The Kier molecular flexibility index (Phi) is 3.73. The molecule has 0 aromatic heterocycles. The van der Waals surface area contributed by atoms with Crippen molar-refractivity contribution in [3.05, 3.63) is 23.8 Å². The molecule has 2 bridgehead atoms. The SMILES string of the molecule is CC1Sc2ccc(C(=O)NC3CC4CCC3(C)C4(C)C)cc2NC1=O. The van der Waals surface area contributed by atoms with Crippen LogP contribution in [0.2, 0.25) is 0 Å². The molecule has 1 heterocycles. The second-order valence-corrected chi connectivity index (χ2v) is 9.98. The first-order valence-electron chi connectivity index (χ1n) is 9.15. The fourth-order valence-electron chi connectivity index (χ4n) is 5.01. The summed E-state index contributed by atoms with van der Waals surface area (Å²) in [6, 6.07) is 5.85. The van der Waals surface area contributed by atoms with E-state index in [1.165, 1.54) is 24.6 Å². The zero-order valence-electron chi connectivity index (χ0n) is 15.3. The topological polar surface area (TPSA) is 58.2 Å². The van der Waals surface area contributed by atoms with Gasteiger partial charge in [0.25, 0.3) is 5.91 Å². The number of anilines is 1. The highest BCUT2D eigenvalue weighted by Crippen LogP contribution is 2.65. The van der Waals surface area contributed by atoms with Crippen LogP contribution in [0.5, 0.6) is 0 Å². The number of benzene rings is 1. The van der Waals surface area contributed by atoms with Crippen LogP contribution in [-0.4, -0.2) is 23.1 Å². The van der Waals surface area contributed by atoms with Gasteiger partial charge in [0, 0.05) is 16.5 Å². The molecule has 1 aliphatic heterocycles. The van der Waals surface area contributed by atoms with E-state index < -0.39 is 0 Å². The summed E-state index contributed by atoms with van der Waals surface area (Å²) in [6.07, 6.45) is 3.53. The molecule has 4 rings (SSSR count). The van der Waals surface area contributed by atoms with Gasteiger partial charge in [-0.05, 0) is 61.1 Å². The molecule has 1 aromatic rings. The van der Waals surface area contributed by atoms with E-state index in [1.807, 2.05) is 25.1 Å². The number of nitrogens with one attached hydrogen (secondary N) is 2. The van der Waals surface area contributed by atoms with Gasteiger partial charge in [0.05, 0.1) is 10.9 Å². The molecule has 4 nitrogen and oxygen atoms in total. The number of fused-ring (bicyclic) bond motifs is 3. The molecule has 4 unspecified atom stereocenters. The highest BCUT2D eigenvalue weighted by Gasteiger charge is 2.61. The molecule has 4 atom stereocenters. The molecule has 2 fully saturated rings. The van der Waals surface area contributed by atoms with Crippen LogP contribution in [0.25, 0.3) is 0 Å². The van der Waals surface area contributed by atoms with Crippen LogP contribution in [-0.2, 0) is 4.79 Å². The van der Waals surface area contributed by atoms with Gasteiger partial charge < -0.3 is 10.6 Å². The maximum absolute atomic E-state index is 12.8. The van der Waals surface area contributed by atoms with E-state index in [9.17, 15) is 9.59 Å². The highest BCUT2D eigenvalue weighted by atomic mass is 32.2. The number of hydrogen-bond acceptors (Lipinski definition) is 3. The van der Waals surface area contributed by atoms with Gasteiger partial charge in [-0.25, -0.2) is 0 Å². The molecular weight excluding hydrogens is 332 g/mol. The Bertz CT molecular complexity index is 760. The molecule has 0 spiro atoms. The lowest BCUT2D eigenvalue weighted by molar-refractivity contribution is -0.115. The number of carbonyl (C=O) groups excluding carboxylic acids is 2. The summed E-state index contributed by atoms with van der Waals surface area (Å²) >= 11 is 1.54. The molecule has 2 amide bonds. The first kappa shape index (κ1) is 17.0. The molecular formula is C20H26N2O2S. The maximum atomic E-state index is 12.8. The van der Waals surface area contributed by atoms with Gasteiger partial charge >= 0.3 is 0 Å². The predicted octanol–water partition coefficient (Wildman–Crippen LogP) is 4.06. The Balaban J connectivity index is 1.53. The minimum atomic E-state index is -0.0941. The summed E-state index contributed by atoms with van der Waals surface area (Å²) in [5, 5.41) is 6.10. The second-order valence-electron chi connectivity index (χ2n) is 8.60. The number of amides is 2. The van der Waals surface area contributed by atoms with E-state index in [-0.39, 0.29) is 33.9 Å². The average molecular weight is 359 g/mol. The van der Waals surface area contributed by atoms with Crippen molar-refractivity contribution in [2.45, 2.75) is 63.1 Å². The van der Waals surface area contributed by atoms with Gasteiger partial charge in [-0.2, -0.15) is 0 Å². The first-order valence-corrected chi connectivity index (χ1v) is 10.0. The van der Waals surface area contributed by atoms with E-state index in [1.54, 1.807) is 0 Å². The van der Waals surface area contributed by atoms with Crippen LogP contribution >= 0.6 is 11.8 Å². The molecule has 0 saturated heterocycles. The Labute approximate surface area is 153 Å². The molecule has 2 aliphatic carbocycles. The molecule has 3 aliphatic rings. The Hall–Kier alpha value is -1.49. The summed E-state index contributed by atoms with van der Waals surface area (Å²) in [5.41, 5.74) is 1.82. The van der Waals surface area contributed by atoms with Crippen molar-refractivity contribution in [1.29, 1.82) is 0 Å². The van der Waals surface area contributed by atoms with Gasteiger partial charge in [0.2, 0.25) is 5.91 Å². The molecule has 2 saturated carbocycles. The van der Waals surface area contributed by atoms with E-state index in [2.05, 4.69) is 31.4 Å². The van der Waals surface area contributed by atoms with Gasteiger partial charge in [0.1, 0.15) is 0 Å². The van der Waals surface area contributed by atoms with Crippen molar-refractivity contribution >= 4 is 29.3 Å². The summed E-state index contributed by atoms with van der Waals surface area (Å²) < 4.78 is 0. The lowest BCUT2D eigenvalue weighted by Crippen LogP contribution is -2.46. The molecule has 2 N–H and O–H groups in total. The number of rotatable bonds is 2. The lowest BCUT2D eigenvalue weighted by atomic mass is 9.69. The average Bonchev–Trinajstić information content (AvgIpc) is 2.89. The van der Waals surface area contributed by atoms with Crippen LogP contribution in [0.4, 0.5) is 5.69 Å². The molecule has 25 heavy (non-hydrogen) atoms. The monoisotopic (exact) mass is 358 g/mol. The molecule has 0 radical (unpaired) electrons. The summed E-state index contributed by atoms with van der Waals surface area (Å²) in [4.78, 5) is 25.7. The Morgan fingerprint density at radius 1 is 1.32 bits per heavy atom. The van der Waals surface area contributed by atoms with Crippen LogP contribution in [0, 0.1) is 16.7 Å². The predicted molar refractivity (Wildman–Crippen MR) is 101 cm³/mol. The Morgan fingerprint density at radius 2 is 2.08 bits per heavy atom. The standard InChI is InChI=1S/C20H26N2O2S/c1-11-17(23)21-14-9-12(5-6-15(14)25-11)18(24)22-16-10-13-7-8-20(16,4)19(13,2)3/h5-6,9,11,13,16H,7-8,10H2,1-4H3,(H,21,23)(H,22,24). The van der Waals surface area contributed by atoms with Crippen molar-refractivity contribution in [1.82, 2.24) is 5.32 Å². The van der Waals surface area contributed by atoms with Crippen molar-refractivity contribution in [2.75, 3.05) is 5.32 Å². The summed E-state index contributed by atoms with van der Waals surface area (Å²) in [7, 11) is 0. The van der Waals surface area contributed by atoms with Crippen molar-refractivity contribution in [2.24, 2.45) is 16.7 Å². The van der Waals surface area contributed by atoms with E-state index in [0.29, 0.717) is 11.5 Å². The molecule has 1 aromatic carbocycles. The normalized spacial score (nSPS) is 35.2. The van der Waals surface area contributed by atoms with Crippen molar-refractivity contribution in [3.63, 3.8) is 0 Å². The van der Waals surface area contributed by atoms with Crippen molar-refractivity contribution in [3.8, 4) is 0 Å². The van der Waals surface area contributed by atoms with Gasteiger partial charge in [0.15, 0.2) is 0 Å². The third-order valence-electron chi connectivity index (χ3n) is 7.27. The smallest absolute Gasteiger partial charge is 0.251 e. The minimum Gasteiger partial charge on any atom is -0.349 e. The van der Waals surface area contributed by atoms with Crippen LogP contribution in [0.1, 0.15) is 57.3 Å². The number of carbonyl (C=O) groups is 2. The zero-order valence-corrected chi connectivity index (χ0v) is 16.1. The fraction of sp³-hybridized carbons (Fsp3) is 0.600. The van der Waals surface area contributed by atoms with Gasteiger partial charge in [-0.15, -0.1) is 11.8 Å². The zero-order chi connectivity index (χ0) is 18.0. The fourth-order valence-corrected chi connectivity index (χ4v) is 5.94. The number of thioether (sulfide) groups is 1. The number of hydrogen-bond donors (Lipinski definition) is 2. The van der Waals surface area contributed by atoms with Gasteiger partial charge in [-0.1, -0.05) is 20.8 Å². The largest absolute Gasteiger partial charge is 0.349 e. The van der Waals surface area contributed by atoms with Crippen molar-refractivity contribution < 1.29 is 9.59 Å². The Morgan fingerprint density at radius 3 is 2.72 bits per heavy atom. The molecule has 134 valence electrons. The van der Waals surface area contributed by atoms with E-state index in [0.717, 1.165) is 17.0 Å². The third kappa shape index (κ3) is 2.42. The van der Waals surface area contributed by atoms with Crippen LogP contribution < -0.4 is 10.6 Å². The second kappa shape index (κ2) is 5.50. The van der Waals surface area contributed by atoms with Crippen LogP contribution in [0.15, 0.2) is 23.1 Å². The van der Waals surface area contributed by atoms with E-state index >= 15 is 0 Å². The van der Waals surface area contributed by atoms with Gasteiger partial charge in [-0.3, -0.25) is 9.59 Å². The maximum Gasteiger partial charge on any atom is 0.251 e. The summed E-state index contributed by atoms with van der Waals surface area (Å²) in [6.45, 7) is 8.92.